The molecule has 0 radical (unpaired) electrons. The van der Waals surface area contributed by atoms with Gasteiger partial charge in [0.25, 0.3) is 0 Å². The van der Waals surface area contributed by atoms with Gasteiger partial charge in [0.1, 0.15) is 17.7 Å². The van der Waals surface area contributed by atoms with Crippen LogP contribution in [0.3, 0.4) is 0 Å². The number of benzene rings is 1. The highest BCUT2D eigenvalue weighted by molar-refractivity contribution is 5.65. The van der Waals surface area contributed by atoms with Gasteiger partial charge in [0.2, 0.25) is 5.56 Å². The Morgan fingerprint density at radius 3 is 2.60 bits per heavy atom. The van der Waals surface area contributed by atoms with Crippen LogP contribution in [0.25, 0.3) is 11.3 Å². The Morgan fingerprint density at radius 2 is 1.90 bits per heavy atom. The van der Waals surface area contributed by atoms with E-state index >= 15 is 0 Å². The van der Waals surface area contributed by atoms with Crippen molar-refractivity contribution < 1.29 is 0 Å². The first-order chi connectivity index (χ1) is 9.72. The standard InChI is InChI=1S/C15H10N4O/c16-8-11(9-17)10-18-13-4-1-3-12(7-13)14-5-2-6-15(20)19-14/h1-7,10,18H,(H,19,20). The van der Waals surface area contributed by atoms with Crippen molar-refractivity contribution in [2.45, 2.75) is 0 Å². The molecule has 0 bridgehead atoms. The molecule has 96 valence electrons. The Hall–Kier alpha value is -3.31. The molecule has 0 amide bonds. The van der Waals surface area contributed by atoms with Gasteiger partial charge in [-0.2, -0.15) is 10.5 Å². The van der Waals surface area contributed by atoms with Crippen molar-refractivity contribution in [1.82, 2.24) is 4.98 Å². The Labute approximate surface area is 115 Å². The van der Waals surface area contributed by atoms with Gasteiger partial charge in [0.15, 0.2) is 0 Å². The molecule has 5 heteroatoms. The maximum absolute atomic E-state index is 11.3. The first kappa shape index (κ1) is 13.1. The molecule has 2 N–H and O–H groups in total. The number of nitrogens with one attached hydrogen (secondary N) is 2. The summed E-state index contributed by atoms with van der Waals surface area (Å²) in [6.07, 6.45) is 1.34. The van der Waals surface area contributed by atoms with Crippen LogP contribution in [-0.2, 0) is 0 Å². The Bertz CT molecular complexity index is 774. The first-order valence-corrected chi connectivity index (χ1v) is 5.79. The summed E-state index contributed by atoms with van der Waals surface area (Å²) in [6, 6.07) is 15.7. The Balaban J connectivity index is 2.30. The summed E-state index contributed by atoms with van der Waals surface area (Å²) in [5.74, 6) is 0. The summed E-state index contributed by atoms with van der Waals surface area (Å²) in [6.45, 7) is 0. The van der Waals surface area contributed by atoms with Crippen LogP contribution < -0.4 is 10.9 Å². The quantitative estimate of drug-likeness (QED) is 0.830. The molecule has 1 heterocycles. The summed E-state index contributed by atoms with van der Waals surface area (Å²) in [4.78, 5) is 14.0. The van der Waals surface area contributed by atoms with E-state index in [1.807, 2.05) is 18.2 Å². The van der Waals surface area contributed by atoms with E-state index in [1.165, 1.54) is 12.3 Å². The van der Waals surface area contributed by atoms with Gasteiger partial charge in [0, 0.05) is 29.2 Å². The molecule has 20 heavy (non-hydrogen) atoms. The lowest BCUT2D eigenvalue weighted by Crippen LogP contribution is -2.03. The zero-order valence-corrected chi connectivity index (χ0v) is 10.4. The molecule has 1 aromatic heterocycles. The van der Waals surface area contributed by atoms with Gasteiger partial charge >= 0.3 is 0 Å². The molecule has 0 fully saturated rings. The third kappa shape index (κ3) is 3.12. The molecule has 2 aromatic rings. The van der Waals surface area contributed by atoms with Crippen LogP contribution in [0.4, 0.5) is 5.69 Å². The van der Waals surface area contributed by atoms with E-state index in [-0.39, 0.29) is 11.1 Å². The second-order valence-electron chi connectivity index (χ2n) is 3.94. The number of pyridine rings is 1. The van der Waals surface area contributed by atoms with Crippen LogP contribution in [0.2, 0.25) is 0 Å². The normalized spacial score (nSPS) is 9.10. The third-order valence-electron chi connectivity index (χ3n) is 2.57. The number of anilines is 1. The lowest BCUT2D eigenvalue weighted by molar-refractivity contribution is 1.24. The molecule has 5 nitrogen and oxygen atoms in total. The zero-order valence-electron chi connectivity index (χ0n) is 10.4. The molecule has 0 saturated carbocycles. The Morgan fingerprint density at radius 1 is 1.15 bits per heavy atom. The van der Waals surface area contributed by atoms with Gasteiger partial charge in [-0.05, 0) is 18.2 Å². The molecule has 0 saturated heterocycles. The molecule has 0 aliphatic heterocycles. The van der Waals surface area contributed by atoms with E-state index in [2.05, 4.69) is 10.3 Å². The second-order valence-corrected chi connectivity index (χ2v) is 3.94. The van der Waals surface area contributed by atoms with E-state index in [9.17, 15) is 4.79 Å². The molecular weight excluding hydrogens is 252 g/mol. The fourth-order valence-corrected chi connectivity index (χ4v) is 1.64. The van der Waals surface area contributed by atoms with Crippen molar-refractivity contribution in [3.05, 3.63) is 64.6 Å². The van der Waals surface area contributed by atoms with Crippen molar-refractivity contribution in [3.63, 3.8) is 0 Å². The number of rotatable bonds is 3. The predicted octanol–water partition coefficient (Wildman–Crippen LogP) is 2.38. The van der Waals surface area contributed by atoms with Crippen molar-refractivity contribution in [1.29, 1.82) is 10.5 Å². The summed E-state index contributed by atoms with van der Waals surface area (Å²) in [5.41, 5.74) is 2.07. The average Bonchev–Trinajstić information content (AvgIpc) is 2.49. The number of nitrogens with zero attached hydrogens (tertiary/aromatic N) is 2. The van der Waals surface area contributed by atoms with Gasteiger partial charge in [-0.25, -0.2) is 0 Å². The number of H-pyrrole nitrogens is 1. The van der Waals surface area contributed by atoms with Crippen molar-refractivity contribution >= 4 is 5.69 Å². The Kier molecular flexibility index (Phi) is 3.96. The number of hydrogen-bond acceptors (Lipinski definition) is 4. The molecule has 1 aromatic carbocycles. The smallest absolute Gasteiger partial charge is 0.248 e. The number of nitriles is 2. The van der Waals surface area contributed by atoms with Gasteiger partial charge in [0.05, 0.1) is 0 Å². The van der Waals surface area contributed by atoms with Crippen LogP contribution >= 0.6 is 0 Å². The van der Waals surface area contributed by atoms with Crippen LogP contribution in [-0.4, -0.2) is 4.98 Å². The molecule has 0 aliphatic carbocycles. The monoisotopic (exact) mass is 262 g/mol. The van der Waals surface area contributed by atoms with Gasteiger partial charge < -0.3 is 10.3 Å². The summed E-state index contributed by atoms with van der Waals surface area (Å²) >= 11 is 0. The number of allylic oxidation sites excluding steroid dienone is 1. The fourth-order valence-electron chi connectivity index (χ4n) is 1.64. The van der Waals surface area contributed by atoms with E-state index in [0.717, 1.165) is 11.3 Å². The van der Waals surface area contributed by atoms with E-state index in [4.69, 9.17) is 10.5 Å². The summed E-state index contributed by atoms with van der Waals surface area (Å²) in [5, 5.41) is 20.2. The lowest BCUT2D eigenvalue weighted by atomic mass is 10.1. The highest BCUT2D eigenvalue weighted by Crippen LogP contribution is 2.19. The maximum atomic E-state index is 11.3. The molecule has 2 rings (SSSR count). The molecular formula is C15H10N4O. The molecule has 0 aliphatic rings. The van der Waals surface area contributed by atoms with Crippen molar-refractivity contribution in [2.75, 3.05) is 5.32 Å². The highest BCUT2D eigenvalue weighted by Gasteiger charge is 1.99. The first-order valence-electron chi connectivity index (χ1n) is 5.79. The van der Waals surface area contributed by atoms with E-state index in [1.54, 1.807) is 30.3 Å². The molecule has 0 unspecified atom stereocenters. The number of aromatic amines is 1. The largest absolute Gasteiger partial charge is 0.360 e. The van der Waals surface area contributed by atoms with Crippen molar-refractivity contribution in [2.24, 2.45) is 0 Å². The minimum Gasteiger partial charge on any atom is -0.360 e. The summed E-state index contributed by atoms with van der Waals surface area (Å²) < 4.78 is 0. The predicted molar refractivity (Wildman–Crippen MR) is 75.4 cm³/mol. The maximum Gasteiger partial charge on any atom is 0.248 e. The van der Waals surface area contributed by atoms with Crippen LogP contribution in [0, 0.1) is 22.7 Å². The highest BCUT2D eigenvalue weighted by atomic mass is 16.1. The second kappa shape index (κ2) is 6.03. The van der Waals surface area contributed by atoms with E-state index in [0.29, 0.717) is 5.69 Å². The zero-order chi connectivity index (χ0) is 14.4. The average molecular weight is 262 g/mol. The third-order valence-corrected chi connectivity index (χ3v) is 2.57. The van der Waals surface area contributed by atoms with Crippen LogP contribution in [0.15, 0.2) is 59.0 Å². The van der Waals surface area contributed by atoms with Gasteiger partial charge in [-0.15, -0.1) is 0 Å². The number of hydrogen-bond donors (Lipinski definition) is 2. The molecule has 0 atom stereocenters. The fraction of sp³-hybridized carbons (Fsp3) is 0. The number of aromatic nitrogens is 1. The van der Waals surface area contributed by atoms with Crippen LogP contribution in [0.1, 0.15) is 0 Å². The van der Waals surface area contributed by atoms with Crippen molar-refractivity contribution in [3.8, 4) is 23.4 Å². The van der Waals surface area contributed by atoms with Gasteiger partial charge in [-0.1, -0.05) is 18.2 Å². The SMILES string of the molecule is N#CC(C#N)=CNc1cccc(-c2cccc(=O)[nH]2)c1. The van der Waals surface area contributed by atoms with Gasteiger partial charge in [-0.3, -0.25) is 4.79 Å². The molecule has 0 spiro atoms. The van der Waals surface area contributed by atoms with Crippen LogP contribution in [0.5, 0.6) is 0 Å². The topological polar surface area (TPSA) is 92.5 Å². The van der Waals surface area contributed by atoms with E-state index < -0.39 is 0 Å². The summed E-state index contributed by atoms with van der Waals surface area (Å²) in [7, 11) is 0. The minimum atomic E-state index is -0.169. The lowest BCUT2D eigenvalue weighted by Gasteiger charge is -2.05. The minimum absolute atomic E-state index is 0.0106.